The molecule has 128 valence electrons. The number of hydrogen-bond acceptors (Lipinski definition) is 3. The topological polar surface area (TPSA) is 69.6 Å². The Bertz CT molecular complexity index is 672. The van der Waals surface area contributed by atoms with Crippen LogP contribution in [-0.4, -0.2) is 28.3 Å². The van der Waals surface area contributed by atoms with Gasteiger partial charge in [-0.25, -0.2) is 0 Å². The first-order valence-corrected chi connectivity index (χ1v) is 8.21. The molecule has 0 heterocycles. The smallest absolute Gasteiger partial charge is 0.251 e. The summed E-state index contributed by atoms with van der Waals surface area (Å²) in [6.07, 6.45) is 2.10. The van der Waals surface area contributed by atoms with Gasteiger partial charge in [-0.3, -0.25) is 4.79 Å². The minimum atomic E-state index is -0.706. The molecule has 0 unspecified atom stereocenters. The van der Waals surface area contributed by atoms with Crippen molar-refractivity contribution in [2.45, 2.75) is 38.7 Å². The summed E-state index contributed by atoms with van der Waals surface area (Å²) in [6.45, 7) is 4.11. The molecule has 0 fully saturated rings. The van der Waals surface area contributed by atoms with E-state index in [2.05, 4.69) is 5.32 Å². The zero-order chi connectivity index (χ0) is 17.6. The third-order valence-corrected chi connectivity index (χ3v) is 3.85. The van der Waals surface area contributed by atoms with E-state index in [0.29, 0.717) is 24.9 Å². The molecule has 0 bridgehead atoms. The van der Waals surface area contributed by atoms with Crippen LogP contribution >= 0.6 is 0 Å². The molecule has 2 aromatic rings. The van der Waals surface area contributed by atoms with E-state index >= 15 is 0 Å². The Morgan fingerprint density at radius 1 is 1.04 bits per heavy atom. The van der Waals surface area contributed by atoms with E-state index < -0.39 is 5.60 Å². The first kappa shape index (κ1) is 18.0. The van der Waals surface area contributed by atoms with Gasteiger partial charge in [0.2, 0.25) is 0 Å². The fourth-order valence-electron chi connectivity index (χ4n) is 2.40. The van der Waals surface area contributed by atoms with E-state index in [0.717, 1.165) is 17.5 Å². The van der Waals surface area contributed by atoms with Gasteiger partial charge >= 0.3 is 0 Å². The fraction of sp³-hybridized carbons (Fsp3) is 0.350. The number of aromatic hydroxyl groups is 1. The Hall–Kier alpha value is -2.33. The number of nitrogens with one attached hydrogen (secondary N) is 1. The summed E-state index contributed by atoms with van der Waals surface area (Å²) in [7, 11) is 0. The first-order valence-electron chi connectivity index (χ1n) is 8.21. The van der Waals surface area contributed by atoms with Gasteiger partial charge in [0.25, 0.3) is 5.91 Å². The molecule has 0 aliphatic rings. The maximum absolute atomic E-state index is 12.2. The molecular formula is C20H25NO3. The van der Waals surface area contributed by atoms with Crippen molar-refractivity contribution in [2.75, 3.05) is 6.54 Å². The summed E-state index contributed by atoms with van der Waals surface area (Å²) >= 11 is 0. The van der Waals surface area contributed by atoms with Crippen molar-refractivity contribution in [3.05, 3.63) is 65.2 Å². The van der Waals surface area contributed by atoms with Crippen molar-refractivity contribution in [2.24, 2.45) is 0 Å². The van der Waals surface area contributed by atoms with Crippen LogP contribution < -0.4 is 5.32 Å². The van der Waals surface area contributed by atoms with Gasteiger partial charge in [-0.1, -0.05) is 24.3 Å². The number of phenolic OH excluding ortho intramolecular Hbond substituents is 1. The van der Waals surface area contributed by atoms with Gasteiger partial charge in [-0.15, -0.1) is 0 Å². The number of phenols is 1. The molecule has 0 aromatic heterocycles. The highest BCUT2D eigenvalue weighted by Crippen LogP contribution is 2.14. The van der Waals surface area contributed by atoms with Gasteiger partial charge in [0.05, 0.1) is 5.60 Å². The number of carbonyl (C=O) groups is 1. The van der Waals surface area contributed by atoms with Crippen molar-refractivity contribution >= 4 is 5.91 Å². The zero-order valence-corrected chi connectivity index (χ0v) is 14.2. The number of aryl methyl sites for hydroxylation is 1. The Labute approximate surface area is 143 Å². The number of aliphatic hydroxyl groups is 1. The SMILES string of the molecule is CC(C)(O)CCc1cccc(C(=O)NCCc2ccc(O)cc2)c1. The number of benzene rings is 2. The first-order chi connectivity index (χ1) is 11.3. The summed E-state index contributed by atoms with van der Waals surface area (Å²) in [5.41, 5.74) is 2.03. The average molecular weight is 327 g/mol. The molecule has 4 nitrogen and oxygen atoms in total. The lowest BCUT2D eigenvalue weighted by Gasteiger charge is -2.16. The molecule has 24 heavy (non-hydrogen) atoms. The van der Waals surface area contributed by atoms with Crippen molar-refractivity contribution in [3.63, 3.8) is 0 Å². The summed E-state index contributed by atoms with van der Waals surface area (Å²) in [4.78, 5) is 12.2. The third kappa shape index (κ3) is 6.05. The third-order valence-electron chi connectivity index (χ3n) is 3.85. The average Bonchev–Trinajstić information content (AvgIpc) is 2.54. The molecule has 0 radical (unpaired) electrons. The molecule has 2 rings (SSSR count). The zero-order valence-electron chi connectivity index (χ0n) is 14.2. The minimum absolute atomic E-state index is 0.0983. The monoisotopic (exact) mass is 327 g/mol. The van der Waals surface area contributed by atoms with E-state index in [1.165, 1.54) is 0 Å². The summed E-state index contributed by atoms with van der Waals surface area (Å²) in [5, 5.41) is 22.0. The highest BCUT2D eigenvalue weighted by atomic mass is 16.3. The molecule has 1 amide bonds. The van der Waals surface area contributed by atoms with E-state index in [4.69, 9.17) is 0 Å². The van der Waals surface area contributed by atoms with E-state index in [1.807, 2.05) is 30.3 Å². The molecular weight excluding hydrogens is 302 g/mol. The van der Waals surface area contributed by atoms with Crippen molar-refractivity contribution in [3.8, 4) is 5.75 Å². The van der Waals surface area contributed by atoms with Crippen LogP contribution in [0.3, 0.4) is 0 Å². The van der Waals surface area contributed by atoms with Crippen molar-refractivity contribution in [1.82, 2.24) is 5.32 Å². The van der Waals surface area contributed by atoms with Crippen LogP contribution in [0.4, 0.5) is 0 Å². The normalized spacial score (nSPS) is 11.3. The molecule has 0 aliphatic heterocycles. The Morgan fingerprint density at radius 2 is 1.75 bits per heavy atom. The van der Waals surface area contributed by atoms with Crippen LogP contribution in [0.2, 0.25) is 0 Å². The fourth-order valence-corrected chi connectivity index (χ4v) is 2.40. The van der Waals surface area contributed by atoms with Gasteiger partial charge in [0.15, 0.2) is 0 Å². The lowest BCUT2D eigenvalue weighted by molar-refractivity contribution is 0.0714. The van der Waals surface area contributed by atoms with Crippen molar-refractivity contribution < 1.29 is 15.0 Å². The highest BCUT2D eigenvalue weighted by Gasteiger charge is 2.13. The second-order valence-electron chi connectivity index (χ2n) is 6.69. The van der Waals surface area contributed by atoms with E-state index in [-0.39, 0.29) is 11.7 Å². The molecule has 0 spiro atoms. The van der Waals surface area contributed by atoms with Gasteiger partial charge in [-0.05, 0) is 68.5 Å². The van der Waals surface area contributed by atoms with E-state index in [9.17, 15) is 15.0 Å². The molecule has 0 saturated carbocycles. The number of hydrogen-bond donors (Lipinski definition) is 3. The maximum atomic E-state index is 12.2. The molecule has 0 atom stereocenters. The Balaban J connectivity index is 1.86. The Morgan fingerprint density at radius 3 is 2.42 bits per heavy atom. The summed E-state index contributed by atoms with van der Waals surface area (Å²) < 4.78 is 0. The van der Waals surface area contributed by atoms with Crippen LogP contribution in [0.5, 0.6) is 5.75 Å². The van der Waals surface area contributed by atoms with Gasteiger partial charge in [0, 0.05) is 12.1 Å². The second-order valence-corrected chi connectivity index (χ2v) is 6.69. The van der Waals surface area contributed by atoms with Crippen LogP contribution in [0.1, 0.15) is 41.8 Å². The van der Waals surface area contributed by atoms with Crippen LogP contribution in [0.25, 0.3) is 0 Å². The number of carbonyl (C=O) groups excluding carboxylic acids is 1. The van der Waals surface area contributed by atoms with Gasteiger partial charge in [0.1, 0.15) is 5.75 Å². The predicted molar refractivity (Wildman–Crippen MR) is 95.2 cm³/mol. The van der Waals surface area contributed by atoms with Crippen LogP contribution in [0, 0.1) is 0 Å². The van der Waals surface area contributed by atoms with Crippen LogP contribution in [-0.2, 0) is 12.8 Å². The quantitative estimate of drug-likeness (QED) is 0.732. The molecule has 0 aliphatic carbocycles. The lowest BCUT2D eigenvalue weighted by atomic mass is 9.98. The summed E-state index contributed by atoms with van der Waals surface area (Å²) in [6, 6.07) is 14.5. The molecule has 2 aromatic carbocycles. The lowest BCUT2D eigenvalue weighted by Crippen LogP contribution is -2.25. The predicted octanol–water partition coefficient (Wildman–Crippen LogP) is 3.07. The number of amides is 1. The molecule has 0 saturated heterocycles. The number of rotatable bonds is 7. The second kappa shape index (κ2) is 7.97. The standard InChI is InChI=1S/C20H25NO3/c1-20(2,24)12-10-16-4-3-5-17(14-16)19(23)21-13-11-15-6-8-18(22)9-7-15/h3-9,14,22,24H,10-13H2,1-2H3,(H,21,23). The largest absolute Gasteiger partial charge is 0.508 e. The molecule has 3 N–H and O–H groups in total. The van der Waals surface area contributed by atoms with E-state index in [1.54, 1.807) is 32.0 Å². The minimum Gasteiger partial charge on any atom is -0.508 e. The Kier molecular flexibility index (Phi) is 5.99. The highest BCUT2D eigenvalue weighted by molar-refractivity contribution is 5.94. The van der Waals surface area contributed by atoms with Crippen LogP contribution in [0.15, 0.2) is 48.5 Å². The van der Waals surface area contributed by atoms with Gasteiger partial charge in [-0.2, -0.15) is 0 Å². The van der Waals surface area contributed by atoms with Crippen molar-refractivity contribution in [1.29, 1.82) is 0 Å². The van der Waals surface area contributed by atoms with Gasteiger partial charge < -0.3 is 15.5 Å². The summed E-state index contributed by atoms with van der Waals surface area (Å²) in [5.74, 6) is 0.143. The maximum Gasteiger partial charge on any atom is 0.251 e. The molecule has 4 heteroatoms.